The molecule has 1 saturated carbocycles. The number of ether oxygens (including phenoxy) is 1. The second kappa shape index (κ2) is 12.6. The van der Waals surface area contributed by atoms with E-state index in [-0.39, 0.29) is 11.8 Å². The smallest absolute Gasteiger partial charge is 0.223 e. The van der Waals surface area contributed by atoms with Crippen LogP contribution in [0.15, 0.2) is 48.5 Å². The molecule has 2 aromatic carbocycles. The third-order valence-electron chi connectivity index (χ3n) is 6.96. The van der Waals surface area contributed by atoms with Crippen LogP contribution in [-0.2, 0) is 17.8 Å². The third kappa shape index (κ3) is 6.62. The van der Waals surface area contributed by atoms with Crippen molar-refractivity contribution in [2.45, 2.75) is 77.7 Å². The maximum absolute atomic E-state index is 12.3. The molecule has 1 fully saturated rings. The van der Waals surface area contributed by atoms with Crippen molar-refractivity contribution in [1.29, 1.82) is 0 Å². The largest absolute Gasteiger partial charge is 0.493 e. The number of carbonyl (C=O) groups excluding carboxylic acids is 1. The van der Waals surface area contributed by atoms with Gasteiger partial charge in [0, 0.05) is 25.4 Å². The van der Waals surface area contributed by atoms with E-state index in [9.17, 15) is 4.79 Å². The molecule has 34 heavy (non-hydrogen) atoms. The molecule has 0 aliphatic heterocycles. The summed E-state index contributed by atoms with van der Waals surface area (Å²) in [4.78, 5) is 17.2. The third-order valence-corrected chi connectivity index (χ3v) is 6.96. The lowest BCUT2D eigenvalue weighted by molar-refractivity contribution is -0.125. The second-order valence-electron chi connectivity index (χ2n) is 9.57. The molecule has 0 spiro atoms. The van der Waals surface area contributed by atoms with E-state index in [1.807, 2.05) is 18.2 Å². The first-order valence-electron chi connectivity index (χ1n) is 13.1. The molecule has 3 aromatic rings. The zero-order chi connectivity index (χ0) is 23.6. The molecule has 0 bridgehead atoms. The Hall–Kier alpha value is -2.82. The molecule has 4 rings (SSSR count). The fourth-order valence-electron chi connectivity index (χ4n) is 4.99. The first-order valence-corrected chi connectivity index (χ1v) is 13.1. The Morgan fingerprint density at radius 1 is 1.00 bits per heavy atom. The Morgan fingerprint density at radius 3 is 2.65 bits per heavy atom. The standard InChI is InChI=1S/C29H39N3O2/c1-23-13-7-10-18-27(23)34-22-12-21-32-26-17-9-8-16-25(26)31-28(32)19-6-3-11-20-30-29(33)24-14-4-2-5-15-24/h7-10,13,16-18,24H,2-6,11-12,14-15,19-22H2,1H3,(H,30,33). The Labute approximate surface area is 203 Å². The number of aromatic nitrogens is 2. The summed E-state index contributed by atoms with van der Waals surface area (Å²) in [6, 6.07) is 16.6. The van der Waals surface area contributed by atoms with E-state index in [1.165, 1.54) is 30.3 Å². The van der Waals surface area contributed by atoms with Crippen molar-refractivity contribution >= 4 is 16.9 Å². The van der Waals surface area contributed by atoms with Gasteiger partial charge in [-0.25, -0.2) is 4.98 Å². The molecule has 0 saturated heterocycles. The summed E-state index contributed by atoms with van der Waals surface area (Å²) in [6.07, 6.45) is 11.0. The molecule has 1 aliphatic rings. The van der Waals surface area contributed by atoms with Crippen LogP contribution in [0.5, 0.6) is 5.75 Å². The molecule has 5 heteroatoms. The monoisotopic (exact) mass is 461 g/mol. The summed E-state index contributed by atoms with van der Waals surface area (Å²) in [5.41, 5.74) is 3.44. The van der Waals surface area contributed by atoms with Gasteiger partial charge in [0.05, 0.1) is 17.6 Å². The van der Waals surface area contributed by atoms with Gasteiger partial charge in [-0.3, -0.25) is 4.79 Å². The molecular formula is C29H39N3O2. The number of nitrogens with one attached hydrogen (secondary N) is 1. The molecule has 0 unspecified atom stereocenters. The first-order chi connectivity index (χ1) is 16.7. The highest BCUT2D eigenvalue weighted by atomic mass is 16.5. The van der Waals surface area contributed by atoms with Crippen molar-refractivity contribution < 1.29 is 9.53 Å². The number of rotatable bonds is 12. The molecular weight excluding hydrogens is 422 g/mol. The predicted octanol–water partition coefficient (Wildman–Crippen LogP) is 6.22. The van der Waals surface area contributed by atoms with Crippen LogP contribution in [-0.4, -0.2) is 28.6 Å². The fourth-order valence-corrected chi connectivity index (χ4v) is 4.99. The molecule has 182 valence electrons. The maximum Gasteiger partial charge on any atom is 0.223 e. The molecule has 1 amide bonds. The van der Waals surface area contributed by atoms with E-state index in [4.69, 9.17) is 9.72 Å². The highest BCUT2D eigenvalue weighted by molar-refractivity contribution is 5.78. The van der Waals surface area contributed by atoms with Gasteiger partial charge in [-0.1, -0.05) is 56.0 Å². The van der Waals surface area contributed by atoms with E-state index in [0.717, 1.165) is 75.1 Å². The highest BCUT2D eigenvalue weighted by Gasteiger charge is 2.20. The number of para-hydroxylation sites is 3. The van der Waals surface area contributed by atoms with Crippen LogP contribution in [0.3, 0.4) is 0 Å². The number of nitrogens with zero attached hydrogens (tertiary/aromatic N) is 2. The summed E-state index contributed by atoms with van der Waals surface area (Å²) in [6.45, 7) is 4.47. The van der Waals surface area contributed by atoms with Crippen LogP contribution < -0.4 is 10.1 Å². The zero-order valence-electron chi connectivity index (χ0n) is 20.6. The van der Waals surface area contributed by atoms with Crippen LogP contribution in [0.25, 0.3) is 11.0 Å². The number of benzene rings is 2. The van der Waals surface area contributed by atoms with Crippen molar-refractivity contribution in [3.05, 3.63) is 59.9 Å². The lowest BCUT2D eigenvalue weighted by Gasteiger charge is -2.20. The average Bonchev–Trinajstić information content (AvgIpc) is 3.22. The fraction of sp³-hybridized carbons (Fsp3) is 0.517. The normalized spacial score (nSPS) is 14.4. The van der Waals surface area contributed by atoms with Crippen LogP contribution >= 0.6 is 0 Å². The van der Waals surface area contributed by atoms with Gasteiger partial charge in [0.15, 0.2) is 0 Å². The quantitative estimate of drug-likeness (QED) is 0.326. The molecule has 0 radical (unpaired) electrons. The molecule has 0 atom stereocenters. The minimum absolute atomic E-state index is 0.253. The average molecular weight is 462 g/mol. The lowest BCUT2D eigenvalue weighted by atomic mass is 9.89. The number of imidazole rings is 1. The SMILES string of the molecule is Cc1ccccc1OCCCn1c(CCCCCNC(=O)C2CCCCC2)nc2ccccc21. The van der Waals surface area contributed by atoms with Gasteiger partial charge in [-0.05, 0) is 62.8 Å². The molecule has 1 aromatic heterocycles. The van der Waals surface area contributed by atoms with Gasteiger partial charge >= 0.3 is 0 Å². The topological polar surface area (TPSA) is 56.1 Å². The van der Waals surface area contributed by atoms with Gasteiger partial charge in [0.1, 0.15) is 11.6 Å². The van der Waals surface area contributed by atoms with Gasteiger partial charge in [0.2, 0.25) is 5.91 Å². The number of aryl methyl sites for hydroxylation is 3. The predicted molar refractivity (Wildman–Crippen MR) is 138 cm³/mol. The van der Waals surface area contributed by atoms with Crippen molar-refractivity contribution in [3.8, 4) is 5.75 Å². The minimum atomic E-state index is 0.253. The van der Waals surface area contributed by atoms with E-state index in [2.05, 4.69) is 47.1 Å². The number of amides is 1. The first kappa shape index (κ1) is 24.3. The zero-order valence-corrected chi connectivity index (χ0v) is 20.6. The molecule has 1 aliphatic carbocycles. The number of unbranched alkanes of at least 4 members (excludes halogenated alkanes) is 2. The van der Waals surface area contributed by atoms with Crippen LogP contribution in [0.2, 0.25) is 0 Å². The number of hydrogen-bond acceptors (Lipinski definition) is 3. The van der Waals surface area contributed by atoms with E-state index in [0.29, 0.717) is 6.61 Å². The van der Waals surface area contributed by atoms with Crippen molar-refractivity contribution in [2.75, 3.05) is 13.2 Å². The number of fused-ring (bicyclic) bond motifs is 1. The second-order valence-corrected chi connectivity index (χ2v) is 9.57. The van der Waals surface area contributed by atoms with Gasteiger partial charge in [0.25, 0.3) is 0 Å². The van der Waals surface area contributed by atoms with Gasteiger partial charge in [-0.15, -0.1) is 0 Å². The molecule has 1 heterocycles. The van der Waals surface area contributed by atoms with Crippen molar-refractivity contribution in [1.82, 2.24) is 14.9 Å². The summed E-state index contributed by atoms with van der Waals surface area (Å²) in [7, 11) is 0. The van der Waals surface area contributed by atoms with E-state index in [1.54, 1.807) is 0 Å². The maximum atomic E-state index is 12.3. The summed E-state index contributed by atoms with van der Waals surface area (Å²) in [5, 5.41) is 3.16. The lowest BCUT2D eigenvalue weighted by Crippen LogP contribution is -2.32. The number of carbonyl (C=O) groups is 1. The van der Waals surface area contributed by atoms with E-state index >= 15 is 0 Å². The summed E-state index contributed by atoms with van der Waals surface area (Å²) < 4.78 is 8.37. The van der Waals surface area contributed by atoms with Crippen LogP contribution in [0, 0.1) is 12.8 Å². The van der Waals surface area contributed by atoms with Gasteiger partial charge < -0.3 is 14.6 Å². The Balaban J connectivity index is 1.23. The van der Waals surface area contributed by atoms with E-state index < -0.39 is 0 Å². The Bertz CT molecular complexity index is 1050. The molecule has 5 nitrogen and oxygen atoms in total. The van der Waals surface area contributed by atoms with Crippen LogP contribution in [0.4, 0.5) is 0 Å². The molecule has 1 N–H and O–H groups in total. The van der Waals surface area contributed by atoms with Crippen LogP contribution in [0.1, 0.15) is 69.2 Å². The van der Waals surface area contributed by atoms with Crippen molar-refractivity contribution in [3.63, 3.8) is 0 Å². The number of hydrogen-bond donors (Lipinski definition) is 1. The highest BCUT2D eigenvalue weighted by Crippen LogP contribution is 2.24. The van der Waals surface area contributed by atoms with Crippen molar-refractivity contribution in [2.24, 2.45) is 5.92 Å². The Morgan fingerprint density at radius 2 is 1.79 bits per heavy atom. The summed E-state index contributed by atoms with van der Waals surface area (Å²) in [5.74, 6) is 2.65. The summed E-state index contributed by atoms with van der Waals surface area (Å²) >= 11 is 0. The van der Waals surface area contributed by atoms with Gasteiger partial charge in [-0.2, -0.15) is 0 Å². The Kier molecular flexibility index (Phi) is 9.00. The minimum Gasteiger partial charge on any atom is -0.493 e.